The maximum absolute atomic E-state index is 12.2. The van der Waals surface area contributed by atoms with E-state index < -0.39 is 5.97 Å². The monoisotopic (exact) mass is 363 g/mol. The van der Waals surface area contributed by atoms with Gasteiger partial charge in [0, 0.05) is 12.5 Å². The third-order valence-electron chi connectivity index (χ3n) is 5.35. The number of fused-ring (bicyclic) bond motifs is 1. The predicted octanol–water partition coefficient (Wildman–Crippen LogP) is 1.70. The topological polar surface area (TPSA) is 84.9 Å². The van der Waals surface area contributed by atoms with Crippen LogP contribution in [0.4, 0.5) is 0 Å². The second-order valence-electron chi connectivity index (χ2n) is 6.94. The number of benzene rings is 1. The van der Waals surface area contributed by atoms with E-state index in [9.17, 15) is 9.59 Å². The Balaban J connectivity index is 2.18. The number of rotatable bonds is 7. The molecular formula is C20H29NO5. The highest BCUT2D eigenvalue weighted by Gasteiger charge is 2.30. The first kappa shape index (κ1) is 20.2. The number of hydrogen-bond acceptors (Lipinski definition) is 5. The first-order valence-corrected chi connectivity index (χ1v) is 9.09. The van der Waals surface area contributed by atoms with E-state index in [1.54, 1.807) is 0 Å². The second-order valence-corrected chi connectivity index (χ2v) is 6.94. The number of ether oxygens (including phenoxy) is 2. The molecule has 6 heteroatoms. The third-order valence-corrected chi connectivity index (χ3v) is 5.35. The van der Waals surface area contributed by atoms with Gasteiger partial charge in [0.05, 0.1) is 13.7 Å². The molecule has 0 spiro atoms. The largest absolute Gasteiger partial charge is 0.482 e. The van der Waals surface area contributed by atoms with Crippen LogP contribution in [-0.4, -0.2) is 43.9 Å². The van der Waals surface area contributed by atoms with Gasteiger partial charge >= 0.3 is 5.97 Å². The number of aliphatic hydroxyl groups is 1. The normalized spacial score (nSPS) is 17.2. The molecule has 1 aliphatic carbocycles. The van der Waals surface area contributed by atoms with Crippen LogP contribution in [0.2, 0.25) is 0 Å². The average Bonchev–Trinajstić information content (AvgIpc) is 2.66. The summed E-state index contributed by atoms with van der Waals surface area (Å²) in [7, 11) is 1.34. The van der Waals surface area contributed by atoms with Crippen molar-refractivity contribution in [2.24, 2.45) is 11.8 Å². The summed E-state index contributed by atoms with van der Waals surface area (Å²) < 4.78 is 10.3. The summed E-state index contributed by atoms with van der Waals surface area (Å²) in [6.45, 7) is 6.13. The van der Waals surface area contributed by atoms with Gasteiger partial charge in [0.25, 0.3) is 0 Å². The first-order valence-electron chi connectivity index (χ1n) is 9.09. The predicted molar refractivity (Wildman–Crippen MR) is 98.2 cm³/mol. The van der Waals surface area contributed by atoms with Crippen LogP contribution < -0.4 is 10.1 Å². The van der Waals surface area contributed by atoms with Crippen molar-refractivity contribution in [3.8, 4) is 5.75 Å². The summed E-state index contributed by atoms with van der Waals surface area (Å²) in [5.74, 6) is 0.403. The molecule has 0 saturated heterocycles. The molecule has 2 rings (SSSR count). The van der Waals surface area contributed by atoms with Crippen LogP contribution in [0.1, 0.15) is 35.6 Å². The smallest absolute Gasteiger partial charge is 0.343 e. The van der Waals surface area contributed by atoms with E-state index in [0.29, 0.717) is 5.75 Å². The summed E-state index contributed by atoms with van der Waals surface area (Å²) in [5, 5.41) is 11.6. The van der Waals surface area contributed by atoms with Crippen LogP contribution in [0.5, 0.6) is 5.75 Å². The highest BCUT2D eigenvalue weighted by atomic mass is 16.6. The number of esters is 1. The van der Waals surface area contributed by atoms with E-state index in [1.165, 1.54) is 18.2 Å². The standard InChI is InChI=1S/C20H29NO5/c1-12-9-18(26-11-19(23)25-4)14(3)17-10-15(5-6-16(12)17)13(2)20(24)21-7-8-22/h9,13,15,22H,5-8,10-11H2,1-4H3,(H,21,24). The SMILES string of the molecule is COC(=O)COc1cc(C)c2c(c1C)CC(C(C)C(=O)NCCO)CC2. The number of carbonyl (C=O) groups is 2. The summed E-state index contributed by atoms with van der Waals surface area (Å²) in [5.41, 5.74) is 4.73. The van der Waals surface area contributed by atoms with E-state index in [1.807, 2.05) is 19.9 Å². The Morgan fingerprint density at radius 3 is 2.73 bits per heavy atom. The Bertz CT molecular complexity index is 671. The van der Waals surface area contributed by atoms with Crippen molar-refractivity contribution < 1.29 is 24.2 Å². The fourth-order valence-corrected chi connectivity index (χ4v) is 3.65. The fourth-order valence-electron chi connectivity index (χ4n) is 3.65. The molecule has 2 unspecified atom stereocenters. The van der Waals surface area contributed by atoms with Gasteiger partial charge in [-0.3, -0.25) is 4.79 Å². The van der Waals surface area contributed by atoms with Gasteiger partial charge in [-0.2, -0.15) is 0 Å². The zero-order valence-corrected chi connectivity index (χ0v) is 16.1. The number of hydrogen-bond donors (Lipinski definition) is 2. The number of methoxy groups -OCH3 is 1. The van der Waals surface area contributed by atoms with Gasteiger partial charge in [0.1, 0.15) is 5.75 Å². The molecule has 1 aliphatic rings. The lowest BCUT2D eigenvalue weighted by Gasteiger charge is -2.31. The molecule has 0 fully saturated rings. The lowest BCUT2D eigenvalue weighted by molar-refractivity contribution is -0.142. The summed E-state index contributed by atoms with van der Waals surface area (Å²) in [4.78, 5) is 23.6. The molecule has 1 amide bonds. The molecule has 26 heavy (non-hydrogen) atoms. The molecule has 2 N–H and O–H groups in total. The van der Waals surface area contributed by atoms with Gasteiger partial charge in [-0.1, -0.05) is 6.92 Å². The molecule has 0 radical (unpaired) electrons. The van der Waals surface area contributed by atoms with E-state index in [2.05, 4.69) is 17.0 Å². The van der Waals surface area contributed by atoms with Crippen molar-refractivity contribution in [3.63, 3.8) is 0 Å². The summed E-state index contributed by atoms with van der Waals surface area (Å²) in [6, 6.07) is 1.98. The first-order chi connectivity index (χ1) is 12.4. The van der Waals surface area contributed by atoms with Gasteiger partial charge in [0.2, 0.25) is 5.91 Å². The Kier molecular flexibility index (Phi) is 7.03. The van der Waals surface area contributed by atoms with Gasteiger partial charge in [-0.05, 0) is 67.3 Å². The Labute approximate surface area is 154 Å². The van der Waals surface area contributed by atoms with Crippen molar-refractivity contribution >= 4 is 11.9 Å². The number of carbonyl (C=O) groups excluding carboxylic acids is 2. The molecule has 0 heterocycles. The maximum atomic E-state index is 12.2. The Hall–Kier alpha value is -2.08. The fraction of sp³-hybridized carbons (Fsp3) is 0.600. The molecule has 1 aromatic rings. The minimum atomic E-state index is -0.410. The second kappa shape index (κ2) is 9.03. The van der Waals surface area contributed by atoms with E-state index in [-0.39, 0.29) is 37.5 Å². The van der Waals surface area contributed by atoms with Crippen molar-refractivity contribution in [3.05, 3.63) is 28.3 Å². The van der Waals surface area contributed by atoms with E-state index in [4.69, 9.17) is 9.84 Å². The average molecular weight is 363 g/mol. The third kappa shape index (κ3) is 4.55. The highest BCUT2D eigenvalue weighted by molar-refractivity contribution is 5.78. The maximum Gasteiger partial charge on any atom is 0.343 e. The molecule has 1 aromatic carbocycles. The number of aryl methyl sites for hydroxylation is 1. The molecular weight excluding hydrogens is 334 g/mol. The minimum Gasteiger partial charge on any atom is -0.482 e. The minimum absolute atomic E-state index is 0.0139. The lowest BCUT2D eigenvalue weighted by atomic mass is 9.74. The van der Waals surface area contributed by atoms with Crippen molar-refractivity contribution in [2.75, 3.05) is 26.9 Å². The zero-order valence-electron chi connectivity index (χ0n) is 16.1. The Morgan fingerprint density at radius 2 is 2.08 bits per heavy atom. The van der Waals surface area contributed by atoms with Gasteiger partial charge in [-0.25, -0.2) is 4.79 Å². The van der Waals surface area contributed by atoms with Gasteiger partial charge < -0.3 is 19.9 Å². The number of aliphatic hydroxyl groups excluding tert-OH is 1. The van der Waals surface area contributed by atoms with Crippen molar-refractivity contribution in [1.29, 1.82) is 0 Å². The summed E-state index contributed by atoms with van der Waals surface area (Å²) in [6.07, 6.45) is 2.70. The Morgan fingerprint density at radius 1 is 1.35 bits per heavy atom. The van der Waals surface area contributed by atoms with Crippen LogP contribution in [0.25, 0.3) is 0 Å². The van der Waals surface area contributed by atoms with Crippen molar-refractivity contribution in [1.82, 2.24) is 5.32 Å². The van der Waals surface area contributed by atoms with Crippen LogP contribution in [0.3, 0.4) is 0 Å². The van der Waals surface area contributed by atoms with Crippen LogP contribution in [0, 0.1) is 25.7 Å². The molecule has 0 aromatic heterocycles. The zero-order chi connectivity index (χ0) is 19.3. The van der Waals surface area contributed by atoms with Crippen LogP contribution >= 0.6 is 0 Å². The number of nitrogens with one attached hydrogen (secondary N) is 1. The van der Waals surface area contributed by atoms with Gasteiger partial charge in [-0.15, -0.1) is 0 Å². The van der Waals surface area contributed by atoms with E-state index >= 15 is 0 Å². The molecule has 144 valence electrons. The number of amides is 1. The summed E-state index contributed by atoms with van der Waals surface area (Å²) >= 11 is 0. The van der Waals surface area contributed by atoms with E-state index in [0.717, 1.165) is 30.4 Å². The van der Waals surface area contributed by atoms with Gasteiger partial charge in [0.15, 0.2) is 6.61 Å². The molecule has 0 saturated carbocycles. The molecule has 6 nitrogen and oxygen atoms in total. The highest BCUT2D eigenvalue weighted by Crippen LogP contribution is 2.37. The van der Waals surface area contributed by atoms with Crippen LogP contribution in [0.15, 0.2) is 6.07 Å². The molecule has 0 aliphatic heterocycles. The molecule has 2 atom stereocenters. The van der Waals surface area contributed by atoms with Crippen molar-refractivity contribution in [2.45, 2.75) is 40.0 Å². The van der Waals surface area contributed by atoms with Crippen LogP contribution in [-0.2, 0) is 27.2 Å². The lowest BCUT2D eigenvalue weighted by Crippen LogP contribution is -2.37. The molecule has 0 bridgehead atoms. The quantitative estimate of drug-likeness (QED) is 0.721.